The Morgan fingerprint density at radius 1 is 1.25 bits per heavy atom. The van der Waals surface area contributed by atoms with Gasteiger partial charge in [0, 0.05) is 0 Å². The Morgan fingerprint density at radius 3 is 2.55 bits per heavy atom. The van der Waals surface area contributed by atoms with Crippen LogP contribution in [0.25, 0.3) is 0 Å². The third-order valence-electron chi connectivity index (χ3n) is 3.72. The van der Waals surface area contributed by atoms with Gasteiger partial charge in [0.1, 0.15) is 12.1 Å². The maximum absolute atomic E-state index is 12.0. The van der Waals surface area contributed by atoms with Crippen molar-refractivity contribution in [2.45, 2.75) is 31.8 Å². The lowest BCUT2D eigenvalue weighted by molar-refractivity contribution is -0.258. The van der Waals surface area contributed by atoms with Crippen LogP contribution in [0.3, 0.4) is 0 Å². The number of ether oxygens (including phenoxy) is 3. The summed E-state index contributed by atoms with van der Waals surface area (Å²) in [6.45, 7) is 5.68. The van der Waals surface area contributed by atoms with Crippen LogP contribution in [0.15, 0.2) is 30.3 Å². The molecule has 20 heavy (non-hydrogen) atoms. The van der Waals surface area contributed by atoms with E-state index in [-0.39, 0.29) is 11.6 Å². The van der Waals surface area contributed by atoms with Crippen molar-refractivity contribution in [2.75, 3.05) is 19.8 Å². The van der Waals surface area contributed by atoms with Crippen LogP contribution in [-0.4, -0.2) is 42.1 Å². The largest absolute Gasteiger partial charge is 0.445 e. The van der Waals surface area contributed by atoms with Gasteiger partial charge in [-0.15, -0.1) is 0 Å². The van der Waals surface area contributed by atoms with E-state index in [2.05, 4.69) is 0 Å². The molecule has 5 nitrogen and oxygen atoms in total. The molecule has 0 aromatic heterocycles. The minimum Gasteiger partial charge on any atom is -0.445 e. The highest BCUT2D eigenvalue weighted by atomic mass is 16.7. The predicted octanol–water partition coefficient (Wildman–Crippen LogP) is 2.16. The van der Waals surface area contributed by atoms with Gasteiger partial charge in [-0.3, -0.25) is 4.90 Å². The van der Waals surface area contributed by atoms with Crippen molar-refractivity contribution in [1.82, 2.24) is 4.90 Å². The molecule has 0 bridgehead atoms. The summed E-state index contributed by atoms with van der Waals surface area (Å²) in [6.07, 6.45) is -0.305. The highest BCUT2D eigenvalue weighted by molar-refractivity contribution is 5.72. The molecule has 2 aliphatic rings. The first-order valence-corrected chi connectivity index (χ1v) is 6.77. The van der Waals surface area contributed by atoms with Crippen molar-refractivity contribution in [2.24, 2.45) is 0 Å². The summed E-state index contributed by atoms with van der Waals surface area (Å²) < 4.78 is 16.5. The molecule has 0 saturated carbocycles. The van der Waals surface area contributed by atoms with Crippen LogP contribution in [0.5, 0.6) is 0 Å². The smallest absolute Gasteiger partial charge is 0.410 e. The van der Waals surface area contributed by atoms with Gasteiger partial charge in [0.25, 0.3) is 0 Å². The quantitative estimate of drug-likeness (QED) is 0.777. The average Bonchev–Trinajstić information content (AvgIpc) is 3.16. The fourth-order valence-corrected chi connectivity index (χ4v) is 2.26. The Balaban J connectivity index is 1.51. The molecule has 2 fully saturated rings. The standard InChI is InChI=1S/C15H19NO4/c1-14(2)19-10-15(11-20-14)9-16(15)13(17)18-8-12-6-4-3-5-7-12/h3-7H,8-11H2,1-2H3. The SMILES string of the molecule is CC1(C)OCC2(CO1)CN2C(=O)OCc1ccccc1. The van der Waals surface area contributed by atoms with Gasteiger partial charge in [-0.2, -0.15) is 0 Å². The molecule has 2 aliphatic heterocycles. The molecule has 1 amide bonds. The topological polar surface area (TPSA) is 47.8 Å². The van der Waals surface area contributed by atoms with Crippen LogP contribution < -0.4 is 0 Å². The number of amides is 1. The molecule has 0 aliphatic carbocycles. The monoisotopic (exact) mass is 277 g/mol. The summed E-state index contributed by atoms with van der Waals surface area (Å²) in [6, 6.07) is 9.64. The van der Waals surface area contributed by atoms with E-state index in [0.717, 1.165) is 5.56 Å². The molecular formula is C15H19NO4. The lowest BCUT2D eigenvalue weighted by atomic mass is 10.1. The lowest BCUT2D eigenvalue weighted by Crippen LogP contribution is -2.46. The minimum atomic E-state index is -0.562. The van der Waals surface area contributed by atoms with E-state index in [1.165, 1.54) is 0 Å². The van der Waals surface area contributed by atoms with Crippen molar-refractivity contribution >= 4 is 6.09 Å². The Kier molecular flexibility index (Phi) is 3.18. The van der Waals surface area contributed by atoms with E-state index in [4.69, 9.17) is 14.2 Å². The molecule has 108 valence electrons. The number of carbonyl (C=O) groups is 1. The van der Waals surface area contributed by atoms with Crippen molar-refractivity contribution in [1.29, 1.82) is 0 Å². The second-order valence-electron chi connectivity index (χ2n) is 5.83. The normalized spacial score (nSPS) is 22.6. The Labute approximate surface area is 118 Å². The third kappa shape index (κ3) is 2.64. The third-order valence-corrected chi connectivity index (χ3v) is 3.72. The Morgan fingerprint density at radius 2 is 1.90 bits per heavy atom. The molecule has 0 N–H and O–H groups in total. The fourth-order valence-electron chi connectivity index (χ4n) is 2.26. The molecule has 3 rings (SSSR count). The van der Waals surface area contributed by atoms with Crippen molar-refractivity contribution in [3.63, 3.8) is 0 Å². The fraction of sp³-hybridized carbons (Fsp3) is 0.533. The first-order chi connectivity index (χ1) is 9.51. The number of nitrogens with zero attached hydrogens (tertiary/aromatic N) is 1. The van der Waals surface area contributed by atoms with E-state index >= 15 is 0 Å². The summed E-state index contributed by atoms with van der Waals surface area (Å²) in [4.78, 5) is 13.7. The first-order valence-electron chi connectivity index (χ1n) is 6.77. The number of rotatable bonds is 2. The first kappa shape index (κ1) is 13.4. The van der Waals surface area contributed by atoms with Gasteiger partial charge in [0.05, 0.1) is 19.8 Å². The van der Waals surface area contributed by atoms with Crippen LogP contribution >= 0.6 is 0 Å². The maximum atomic E-state index is 12.0. The molecule has 2 heterocycles. The van der Waals surface area contributed by atoms with Gasteiger partial charge in [-0.25, -0.2) is 4.79 Å². The van der Waals surface area contributed by atoms with Crippen molar-refractivity contribution in [3.8, 4) is 0 Å². The molecular weight excluding hydrogens is 258 g/mol. The van der Waals surface area contributed by atoms with Gasteiger partial charge in [-0.1, -0.05) is 30.3 Å². The van der Waals surface area contributed by atoms with Crippen LogP contribution in [-0.2, 0) is 20.8 Å². The number of carbonyl (C=O) groups excluding carboxylic acids is 1. The van der Waals surface area contributed by atoms with E-state index in [9.17, 15) is 4.79 Å². The van der Waals surface area contributed by atoms with E-state index in [1.54, 1.807) is 4.90 Å². The van der Waals surface area contributed by atoms with Crippen LogP contribution in [0.2, 0.25) is 0 Å². The van der Waals surface area contributed by atoms with Crippen LogP contribution in [0, 0.1) is 0 Å². The maximum Gasteiger partial charge on any atom is 0.410 e. The van der Waals surface area contributed by atoms with Gasteiger partial charge >= 0.3 is 6.09 Å². The summed E-state index contributed by atoms with van der Waals surface area (Å²) >= 11 is 0. The molecule has 2 saturated heterocycles. The zero-order valence-electron chi connectivity index (χ0n) is 11.8. The number of hydrogen-bond acceptors (Lipinski definition) is 4. The van der Waals surface area contributed by atoms with Crippen molar-refractivity contribution < 1.29 is 19.0 Å². The molecule has 0 unspecified atom stereocenters. The van der Waals surface area contributed by atoms with Gasteiger partial charge in [0.2, 0.25) is 0 Å². The molecule has 0 atom stereocenters. The Bertz CT molecular complexity index is 490. The van der Waals surface area contributed by atoms with Crippen molar-refractivity contribution in [3.05, 3.63) is 35.9 Å². The average molecular weight is 277 g/mol. The zero-order chi connectivity index (χ0) is 14.2. The van der Waals surface area contributed by atoms with E-state index < -0.39 is 5.79 Å². The lowest BCUT2D eigenvalue weighted by Gasteiger charge is -2.35. The number of benzene rings is 1. The second-order valence-corrected chi connectivity index (χ2v) is 5.83. The molecule has 1 aromatic carbocycles. The van der Waals surface area contributed by atoms with E-state index in [1.807, 2.05) is 44.2 Å². The highest BCUT2D eigenvalue weighted by Gasteiger charge is 2.59. The molecule has 0 radical (unpaired) electrons. The van der Waals surface area contributed by atoms with E-state index in [0.29, 0.717) is 26.4 Å². The highest BCUT2D eigenvalue weighted by Crippen LogP contribution is 2.39. The van der Waals surface area contributed by atoms with Gasteiger partial charge < -0.3 is 14.2 Å². The zero-order valence-corrected chi connectivity index (χ0v) is 11.8. The summed E-state index contributed by atoms with van der Waals surface area (Å²) in [7, 11) is 0. The molecule has 1 spiro atoms. The Hall–Kier alpha value is -1.59. The van der Waals surface area contributed by atoms with Crippen LogP contribution in [0.4, 0.5) is 4.79 Å². The second kappa shape index (κ2) is 4.75. The summed E-state index contributed by atoms with van der Waals surface area (Å²) in [5, 5.41) is 0. The van der Waals surface area contributed by atoms with Gasteiger partial charge in [-0.05, 0) is 19.4 Å². The predicted molar refractivity (Wildman–Crippen MR) is 72.0 cm³/mol. The van der Waals surface area contributed by atoms with Crippen LogP contribution in [0.1, 0.15) is 19.4 Å². The summed E-state index contributed by atoms with van der Waals surface area (Å²) in [5.41, 5.74) is 0.664. The minimum absolute atomic E-state index is 0.291. The number of hydrogen-bond donors (Lipinski definition) is 0. The molecule has 1 aromatic rings. The summed E-state index contributed by atoms with van der Waals surface area (Å²) in [5.74, 6) is -0.562. The van der Waals surface area contributed by atoms with Gasteiger partial charge in [0.15, 0.2) is 5.79 Å². The molecule has 5 heteroatoms.